The van der Waals surface area contributed by atoms with Crippen molar-refractivity contribution in [2.45, 2.75) is 33.6 Å². The molecule has 0 aliphatic carbocycles. The SMILES string of the molecule is CCOC(=O)C1CCCN(CC(=O)c2[nH]c(C)c(C(=O)OC)c2C)C1. The van der Waals surface area contributed by atoms with Gasteiger partial charge in [0, 0.05) is 12.2 Å². The van der Waals surface area contributed by atoms with Crippen LogP contribution in [0.25, 0.3) is 0 Å². The predicted octanol–water partition coefficient (Wildman–Crippen LogP) is 1.88. The number of aryl methyl sites for hydroxylation is 1. The van der Waals surface area contributed by atoms with E-state index < -0.39 is 5.97 Å². The standard InChI is InChI=1S/C18H26N2O5/c1-5-25-17(22)13-7-6-8-20(9-13)10-14(21)16-11(2)15(12(3)19-16)18(23)24-4/h13,19H,5-10H2,1-4H3. The number of carbonyl (C=O) groups is 3. The maximum Gasteiger partial charge on any atom is 0.339 e. The lowest BCUT2D eigenvalue weighted by molar-refractivity contribution is -0.149. The van der Waals surface area contributed by atoms with E-state index in [9.17, 15) is 14.4 Å². The minimum atomic E-state index is -0.453. The number of H-pyrrole nitrogens is 1. The van der Waals surface area contributed by atoms with Gasteiger partial charge in [0.05, 0.1) is 37.4 Å². The number of nitrogens with one attached hydrogen (secondary N) is 1. The van der Waals surface area contributed by atoms with Crippen LogP contribution in [0.15, 0.2) is 0 Å². The summed E-state index contributed by atoms with van der Waals surface area (Å²) in [5, 5.41) is 0. The molecule has 1 atom stereocenters. The number of likely N-dealkylation sites (tertiary alicyclic amines) is 1. The van der Waals surface area contributed by atoms with Crippen LogP contribution in [0, 0.1) is 19.8 Å². The quantitative estimate of drug-likeness (QED) is 0.622. The summed E-state index contributed by atoms with van der Waals surface area (Å²) in [7, 11) is 1.32. The van der Waals surface area contributed by atoms with E-state index in [0.717, 1.165) is 19.4 Å². The van der Waals surface area contributed by atoms with Crippen molar-refractivity contribution in [2.24, 2.45) is 5.92 Å². The lowest BCUT2D eigenvalue weighted by Crippen LogP contribution is -2.42. The smallest absolute Gasteiger partial charge is 0.339 e. The highest BCUT2D eigenvalue weighted by Gasteiger charge is 2.29. The third-order valence-electron chi connectivity index (χ3n) is 4.60. The second-order valence-electron chi connectivity index (χ2n) is 6.37. The second kappa shape index (κ2) is 8.29. The van der Waals surface area contributed by atoms with Crippen molar-refractivity contribution < 1.29 is 23.9 Å². The molecular weight excluding hydrogens is 324 g/mol. The number of aromatic nitrogens is 1. The lowest BCUT2D eigenvalue weighted by Gasteiger charge is -2.30. The van der Waals surface area contributed by atoms with Gasteiger partial charge < -0.3 is 14.5 Å². The van der Waals surface area contributed by atoms with E-state index >= 15 is 0 Å². The maximum absolute atomic E-state index is 12.7. The molecule has 1 saturated heterocycles. The number of methoxy groups -OCH3 is 1. The minimum absolute atomic E-state index is 0.0970. The van der Waals surface area contributed by atoms with Crippen molar-refractivity contribution in [2.75, 3.05) is 33.4 Å². The Morgan fingerprint density at radius 1 is 1.28 bits per heavy atom. The van der Waals surface area contributed by atoms with Crippen molar-refractivity contribution in [3.05, 3.63) is 22.5 Å². The van der Waals surface area contributed by atoms with Gasteiger partial charge in [0.1, 0.15) is 0 Å². The molecule has 1 aliphatic heterocycles. The Hall–Kier alpha value is -2.15. The molecule has 1 N–H and O–H groups in total. The zero-order valence-corrected chi connectivity index (χ0v) is 15.3. The van der Waals surface area contributed by atoms with Gasteiger partial charge >= 0.3 is 11.9 Å². The largest absolute Gasteiger partial charge is 0.466 e. The summed E-state index contributed by atoms with van der Waals surface area (Å²) in [6.07, 6.45) is 1.64. The van der Waals surface area contributed by atoms with Crippen LogP contribution in [0.4, 0.5) is 0 Å². The first-order valence-electron chi connectivity index (χ1n) is 8.58. The molecule has 7 heteroatoms. The number of ether oxygens (including phenoxy) is 2. The van der Waals surface area contributed by atoms with Crippen molar-refractivity contribution in [1.29, 1.82) is 0 Å². The van der Waals surface area contributed by atoms with Gasteiger partial charge in [-0.2, -0.15) is 0 Å². The molecule has 0 saturated carbocycles. The molecule has 0 spiro atoms. The highest BCUT2D eigenvalue weighted by atomic mass is 16.5. The monoisotopic (exact) mass is 350 g/mol. The Labute approximate surface area is 147 Å². The van der Waals surface area contributed by atoms with Gasteiger partial charge in [0.2, 0.25) is 0 Å². The van der Waals surface area contributed by atoms with Crippen LogP contribution in [-0.2, 0) is 14.3 Å². The third kappa shape index (κ3) is 4.28. The molecule has 0 amide bonds. The minimum Gasteiger partial charge on any atom is -0.466 e. The number of piperidine rings is 1. The van der Waals surface area contributed by atoms with E-state index in [4.69, 9.17) is 9.47 Å². The van der Waals surface area contributed by atoms with Crippen LogP contribution in [0.1, 0.15) is 51.9 Å². The normalized spacial score (nSPS) is 18.0. The summed E-state index contributed by atoms with van der Waals surface area (Å²) < 4.78 is 9.86. The van der Waals surface area contributed by atoms with E-state index in [0.29, 0.717) is 35.7 Å². The fourth-order valence-corrected chi connectivity index (χ4v) is 3.37. The summed E-state index contributed by atoms with van der Waals surface area (Å²) in [6.45, 7) is 7.13. The predicted molar refractivity (Wildman–Crippen MR) is 91.7 cm³/mol. The Bertz CT molecular complexity index is 665. The molecule has 2 rings (SSSR count). The first kappa shape index (κ1) is 19.2. The van der Waals surface area contributed by atoms with Crippen LogP contribution in [0.3, 0.4) is 0 Å². The summed E-state index contributed by atoms with van der Waals surface area (Å²) in [5.74, 6) is -0.927. The van der Waals surface area contributed by atoms with Gasteiger partial charge in [-0.3, -0.25) is 14.5 Å². The number of ketones is 1. The van der Waals surface area contributed by atoms with Gasteiger partial charge in [-0.25, -0.2) is 4.79 Å². The molecule has 0 bridgehead atoms. The molecule has 138 valence electrons. The Morgan fingerprint density at radius 2 is 2.00 bits per heavy atom. The van der Waals surface area contributed by atoms with Crippen molar-refractivity contribution >= 4 is 17.7 Å². The topological polar surface area (TPSA) is 88.7 Å². The van der Waals surface area contributed by atoms with Crippen LogP contribution in [0.5, 0.6) is 0 Å². The molecule has 1 aliphatic rings. The number of nitrogens with zero attached hydrogens (tertiary/aromatic N) is 1. The number of rotatable bonds is 6. The molecule has 25 heavy (non-hydrogen) atoms. The van der Waals surface area contributed by atoms with E-state index in [2.05, 4.69) is 4.98 Å². The highest BCUT2D eigenvalue weighted by Crippen LogP contribution is 2.22. The molecule has 7 nitrogen and oxygen atoms in total. The number of carbonyl (C=O) groups excluding carboxylic acids is 3. The number of hydrogen-bond acceptors (Lipinski definition) is 6. The summed E-state index contributed by atoms with van der Waals surface area (Å²) in [6, 6.07) is 0. The number of esters is 2. The number of Topliss-reactive ketones (excluding diaryl/α,β-unsaturated/α-hetero) is 1. The zero-order chi connectivity index (χ0) is 18.6. The Balaban J connectivity index is 2.07. The van der Waals surface area contributed by atoms with Crippen molar-refractivity contribution in [3.63, 3.8) is 0 Å². The average molecular weight is 350 g/mol. The van der Waals surface area contributed by atoms with Gasteiger partial charge in [-0.1, -0.05) is 0 Å². The molecule has 0 aromatic carbocycles. The molecule has 2 heterocycles. The molecular formula is C18H26N2O5. The Kier molecular flexibility index (Phi) is 6.36. The molecule has 1 aromatic heterocycles. The van der Waals surface area contributed by atoms with Crippen LogP contribution in [-0.4, -0.2) is 61.0 Å². The van der Waals surface area contributed by atoms with Gasteiger partial charge in [0.15, 0.2) is 5.78 Å². The molecule has 0 radical (unpaired) electrons. The Morgan fingerprint density at radius 3 is 2.64 bits per heavy atom. The lowest BCUT2D eigenvalue weighted by atomic mass is 9.97. The number of hydrogen-bond donors (Lipinski definition) is 1. The average Bonchev–Trinajstić information content (AvgIpc) is 2.89. The first-order valence-corrected chi connectivity index (χ1v) is 8.58. The van der Waals surface area contributed by atoms with E-state index in [1.165, 1.54) is 7.11 Å². The third-order valence-corrected chi connectivity index (χ3v) is 4.60. The number of aromatic amines is 1. The highest BCUT2D eigenvalue weighted by molar-refractivity contribution is 6.02. The fraction of sp³-hybridized carbons (Fsp3) is 0.611. The maximum atomic E-state index is 12.7. The molecule has 1 fully saturated rings. The van der Waals surface area contributed by atoms with Crippen molar-refractivity contribution in [3.8, 4) is 0 Å². The summed E-state index contributed by atoms with van der Waals surface area (Å²) in [4.78, 5) is 41.4. The van der Waals surface area contributed by atoms with Crippen LogP contribution >= 0.6 is 0 Å². The fourth-order valence-electron chi connectivity index (χ4n) is 3.37. The van der Waals surface area contributed by atoms with Crippen LogP contribution in [0.2, 0.25) is 0 Å². The van der Waals surface area contributed by atoms with Gasteiger partial charge in [-0.05, 0) is 45.7 Å². The summed E-state index contributed by atoms with van der Waals surface area (Å²) >= 11 is 0. The molecule has 1 aromatic rings. The van der Waals surface area contributed by atoms with Gasteiger partial charge in [-0.15, -0.1) is 0 Å². The van der Waals surface area contributed by atoms with E-state index in [1.54, 1.807) is 20.8 Å². The zero-order valence-electron chi connectivity index (χ0n) is 15.3. The van der Waals surface area contributed by atoms with E-state index in [-0.39, 0.29) is 24.2 Å². The molecule has 1 unspecified atom stereocenters. The van der Waals surface area contributed by atoms with Crippen LogP contribution < -0.4 is 0 Å². The van der Waals surface area contributed by atoms with Gasteiger partial charge in [0.25, 0.3) is 0 Å². The first-order chi connectivity index (χ1) is 11.9. The summed E-state index contributed by atoms with van der Waals surface area (Å²) in [5.41, 5.74) is 2.06. The second-order valence-corrected chi connectivity index (χ2v) is 6.37. The van der Waals surface area contributed by atoms with E-state index in [1.807, 2.05) is 4.90 Å². The van der Waals surface area contributed by atoms with Crippen molar-refractivity contribution in [1.82, 2.24) is 9.88 Å².